The maximum absolute atomic E-state index is 9.00. The second-order valence-corrected chi connectivity index (χ2v) is 0.402. The second kappa shape index (κ2) is 0.711. The number of nitrogens with two attached hydrogens (primary N) is 2. The highest BCUT2D eigenvalue weighted by atomic mass is 16.2. The van der Waals surface area contributed by atoms with E-state index in [1.165, 1.54) is 0 Å². The highest BCUT2D eigenvalue weighted by Crippen LogP contribution is 1.25. The van der Waals surface area contributed by atoms with Gasteiger partial charge >= 0.3 is 6.03 Å². The van der Waals surface area contributed by atoms with Gasteiger partial charge in [-0.1, -0.05) is 0 Å². The minimum Gasteiger partial charge on any atom is -0.352 e. The Morgan fingerprint density at radius 1 is 1.50 bits per heavy atom. The number of rotatable bonds is 0. The third-order valence-corrected chi connectivity index (χ3v) is 0. The molecule has 3 heteroatoms. The summed E-state index contributed by atoms with van der Waals surface area (Å²) in [7, 11) is 0. The van der Waals surface area contributed by atoms with E-state index in [1.807, 2.05) is 0 Å². The van der Waals surface area contributed by atoms with Gasteiger partial charge in [0.2, 0.25) is 0 Å². The summed E-state index contributed by atoms with van der Waals surface area (Å²) in [4.78, 5) is 9.00. The molecule has 0 radical (unpaired) electrons. The van der Waals surface area contributed by atoms with Crippen LogP contribution in [0.3, 0.4) is 0 Å². The molecule has 0 rings (SSSR count). The Balaban J connectivity index is 2.80. The molecule has 0 unspecified atom stereocenters. The van der Waals surface area contributed by atoms with Gasteiger partial charge < -0.3 is 11.5 Å². The van der Waals surface area contributed by atoms with Crippen molar-refractivity contribution in [2.24, 2.45) is 11.5 Å². The third-order valence-electron chi connectivity index (χ3n) is 0. The highest BCUT2D eigenvalue weighted by Gasteiger charge is 1.60. The minimum absolute atomic E-state index is 0.833. The molecule has 0 aromatic heterocycles. The van der Waals surface area contributed by atoms with E-state index in [0.717, 1.165) is 0 Å². The van der Waals surface area contributed by atoms with Crippen molar-refractivity contribution >= 4 is 6.03 Å². The predicted molar refractivity (Wildman–Crippen MR) is 13.8 cm³/mol. The second-order valence-electron chi connectivity index (χ2n) is 0.402. The molecule has 0 aliphatic heterocycles. The standard InChI is InChI=1S/CH4N2O/c2-1(3)4/h(H4,2,3,4)/i2+1. The van der Waals surface area contributed by atoms with E-state index in [4.69, 9.17) is 4.79 Å². The summed E-state index contributed by atoms with van der Waals surface area (Å²) in [6.07, 6.45) is 0. The van der Waals surface area contributed by atoms with Crippen LogP contribution < -0.4 is 11.5 Å². The van der Waals surface area contributed by atoms with E-state index in [-0.39, 0.29) is 0 Å². The summed E-state index contributed by atoms with van der Waals surface area (Å²) in [6.45, 7) is 0. The van der Waals surface area contributed by atoms with Crippen LogP contribution in [0, 0.1) is 0 Å². The lowest BCUT2D eigenvalue weighted by Gasteiger charge is -1.62. The van der Waals surface area contributed by atoms with Crippen LogP contribution in [0.4, 0.5) is 4.79 Å². The molecule has 0 aliphatic carbocycles. The summed E-state index contributed by atoms with van der Waals surface area (Å²) in [5, 5.41) is 0. The Morgan fingerprint density at radius 2 is 1.50 bits per heavy atom. The van der Waals surface area contributed by atoms with Crippen molar-refractivity contribution < 1.29 is 4.79 Å². The Kier molecular flexibility index (Phi) is 0.581. The first-order chi connectivity index (χ1) is 1.73. The predicted octanol–water partition coefficient (Wildman–Crippen LogP) is -0.976. The average Bonchev–Trinajstić information content (AvgIpc) is 0.811. The van der Waals surface area contributed by atoms with Gasteiger partial charge in [0.15, 0.2) is 0 Å². The van der Waals surface area contributed by atoms with Gasteiger partial charge in [-0.2, -0.15) is 0 Å². The van der Waals surface area contributed by atoms with Gasteiger partial charge in [0.1, 0.15) is 0 Å². The van der Waals surface area contributed by atoms with Crippen LogP contribution in [0.2, 0.25) is 0 Å². The first kappa shape index (κ1) is 3.27. The van der Waals surface area contributed by atoms with E-state index in [1.54, 1.807) is 0 Å². The van der Waals surface area contributed by atoms with E-state index >= 15 is 0 Å². The quantitative estimate of drug-likeness (QED) is 0.347. The lowest BCUT2D eigenvalue weighted by Crippen LogP contribution is -2.18. The molecule has 0 aromatic rings. The number of primary amides is 2. The van der Waals surface area contributed by atoms with Gasteiger partial charge in [-0.15, -0.1) is 0 Å². The summed E-state index contributed by atoms with van der Waals surface area (Å²) >= 11 is 0. The van der Waals surface area contributed by atoms with Crippen LogP contribution in [0.1, 0.15) is 0 Å². The SMILES string of the molecule is NC([15NH2])=O. The summed E-state index contributed by atoms with van der Waals surface area (Å²) in [5.74, 6) is 0. The van der Waals surface area contributed by atoms with Crippen LogP contribution in [0.5, 0.6) is 0 Å². The molecule has 0 bridgehead atoms. The van der Waals surface area contributed by atoms with Gasteiger partial charge in [-0.3, -0.25) is 0 Å². The molecule has 0 saturated carbocycles. The molecule has 4 N–H and O–H groups in total. The van der Waals surface area contributed by atoms with Crippen LogP contribution in [-0.4, -0.2) is 6.03 Å². The van der Waals surface area contributed by atoms with Crippen molar-refractivity contribution in [1.82, 2.24) is 0 Å². The summed E-state index contributed by atoms with van der Waals surface area (Å²) in [5.41, 5.74) is 8.50. The van der Waals surface area contributed by atoms with E-state index in [9.17, 15) is 0 Å². The number of carbonyl (C=O) groups excluding carboxylic acids is 1. The third kappa shape index (κ3) is 0.174. The van der Waals surface area contributed by atoms with Gasteiger partial charge in [-0.05, 0) is 0 Å². The molecule has 2 amide bonds. The van der Waals surface area contributed by atoms with Gasteiger partial charge in [-0.25, -0.2) is 4.79 Å². The lowest BCUT2D eigenvalue weighted by atomic mass is 11.3. The largest absolute Gasteiger partial charge is 0.352 e. The molecule has 3 nitrogen and oxygen atoms in total. The smallest absolute Gasteiger partial charge is 0.309 e. The van der Waals surface area contributed by atoms with Crippen LogP contribution in [0.25, 0.3) is 0 Å². The molecule has 0 aromatic carbocycles. The van der Waals surface area contributed by atoms with Crippen molar-refractivity contribution in [3.63, 3.8) is 0 Å². The number of hydrogen-bond acceptors (Lipinski definition) is 1. The van der Waals surface area contributed by atoms with Crippen molar-refractivity contribution in [2.75, 3.05) is 0 Å². The number of urea groups is 1. The molecule has 0 spiro atoms. The molecule has 4 heavy (non-hydrogen) atoms. The molecule has 0 heterocycles. The monoisotopic (exact) mass is 61.0 g/mol. The van der Waals surface area contributed by atoms with E-state index < -0.39 is 6.03 Å². The fourth-order valence-electron chi connectivity index (χ4n) is 0. The fourth-order valence-corrected chi connectivity index (χ4v) is 0. The zero-order chi connectivity index (χ0) is 3.58. The van der Waals surface area contributed by atoms with E-state index in [0.29, 0.717) is 0 Å². The van der Waals surface area contributed by atoms with Crippen LogP contribution in [0.15, 0.2) is 0 Å². The summed E-state index contributed by atoms with van der Waals surface area (Å²) in [6, 6.07) is -0.833. The van der Waals surface area contributed by atoms with E-state index in [2.05, 4.69) is 11.5 Å². The molecular formula is CH4N2O. The van der Waals surface area contributed by atoms with Gasteiger partial charge in [0.25, 0.3) is 0 Å². The average molecular weight is 61.0 g/mol. The van der Waals surface area contributed by atoms with Crippen molar-refractivity contribution in [2.45, 2.75) is 0 Å². The van der Waals surface area contributed by atoms with Crippen molar-refractivity contribution in [1.29, 1.82) is 0 Å². The Labute approximate surface area is 23.6 Å². The lowest BCUT2D eigenvalue weighted by molar-refractivity contribution is 0.256. The zero-order valence-corrected chi connectivity index (χ0v) is 2.06. The number of amides is 2. The molecule has 0 fully saturated rings. The first-order valence-corrected chi connectivity index (χ1v) is 0.781. The van der Waals surface area contributed by atoms with Crippen molar-refractivity contribution in [3.05, 3.63) is 0 Å². The normalized spacial score (nSPS) is 6.00. The molecular weight excluding hydrogens is 57.0 g/mol. The minimum atomic E-state index is -0.833. The maximum atomic E-state index is 9.00. The number of carbonyl (C=O) groups is 1. The molecule has 0 atom stereocenters. The Hall–Kier alpha value is -0.730. The van der Waals surface area contributed by atoms with Gasteiger partial charge in [0.05, 0.1) is 0 Å². The Bertz CT molecular complexity index is 29.0. The van der Waals surface area contributed by atoms with Crippen molar-refractivity contribution in [3.8, 4) is 0 Å². The molecule has 0 aliphatic rings. The summed E-state index contributed by atoms with van der Waals surface area (Å²) < 4.78 is 0. The number of hydrogen-bond donors (Lipinski definition) is 2. The van der Waals surface area contributed by atoms with Gasteiger partial charge in [0, 0.05) is 0 Å². The van der Waals surface area contributed by atoms with Crippen LogP contribution in [-0.2, 0) is 0 Å². The highest BCUT2D eigenvalue weighted by molar-refractivity contribution is 5.69. The molecule has 24 valence electrons. The first-order valence-electron chi connectivity index (χ1n) is 0.781. The zero-order valence-electron chi connectivity index (χ0n) is 2.06. The topological polar surface area (TPSA) is 69.1 Å². The maximum Gasteiger partial charge on any atom is 0.309 e. The fraction of sp³-hybridized carbons (Fsp3) is 0. The van der Waals surface area contributed by atoms with Crippen LogP contribution >= 0.6 is 0 Å². The molecule has 0 saturated heterocycles. The Morgan fingerprint density at radius 3 is 1.50 bits per heavy atom.